The van der Waals surface area contributed by atoms with Crippen LogP contribution in [0.3, 0.4) is 0 Å². The van der Waals surface area contributed by atoms with E-state index in [1.54, 1.807) is 0 Å². The first kappa shape index (κ1) is 14.9. The van der Waals surface area contributed by atoms with Crippen molar-refractivity contribution in [1.29, 1.82) is 0 Å². The zero-order valence-electron chi connectivity index (χ0n) is 10.1. The van der Waals surface area contributed by atoms with Gasteiger partial charge in [0.25, 0.3) is 0 Å². The van der Waals surface area contributed by atoms with Crippen LogP contribution in [-0.2, 0) is 9.84 Å². The van der Waals surface area contributed by atoms with Crippen molar-refractivity contribution < 1.29 is 8.42 Å². The molecule has 92 valence electrons. The summed E-state index contributed by atoms with van der Waals surface area (Å²) in [6.45, 7) is 3.48. The van der Waals surface area contributed by atoms with Gasteiger partial charge in [-0.15, -0.1) is 0 Å². The molecule has 0 rings (SSSR count). The summed E-state index contributed by atoms with van der Waals surface area (Å²) in [7, 11) is -0.941. The maximum absolute atomic E-state index is 10.9. The molecule has 0 aromatic heterocycles. The van der Waals surface area contributed by atoms with Gasteiger partial charge in [-0.3, -0.25) is 0 Å². The summed E-state index contributed by atoms with van der Waals surface area (Å²) in [5.41, 5.74) is 5.91. The number of sulfone groups is 1. The van der Waals surface area contributed by atoms with Gasteiger partial charge in [-0.05, 0) is 13.5 Å². The van der Waals surface area contributed by atoms with Crippen LogP contribution in [0.4, 0.5) is 0 Å². The predicted octanol–water partition coefficient (Wildman–Crippen LogP) is 0.480. The predicted molar refractivity (Wildman–Crippen MR) is 64.7 cm³/mol. The molecule has 0 fully saturated rings. The fourth-order valence-corrected chi connectivity index (χ4v) is 2.01. The number of likely N-dealkylation sites (N-methyl/N-ethyl adjacent to an activating group) is 1. The normalized spacial score (nSPS) is 14.5. The number of nitrogens with two attached hydrogens (primary N) is 1. The van der Waals surface area contributed by atoms with Gasteiger partial charge in [-0.25, -0.2) is 8.42 Å². The van der Waals surface area contributed by atoms with Crippen molar-refractivity contribution in [2.24, 2.45) is 5.73 Å². The second-order valence-electron chi connectivity index (χ2n) is 4.29. The van der Waals surface area contributed by atoms with Gasteiger partial charge >= 0.3 is 0 Å². The number of nitrogens with zero attached hydrogens (tertiary/aromatic N) is 1. The second-order valence-corrected chi connectivity index (χ2v) is 6.55. The van der Waals surface area contributed by atoms with E-state index in [-0.39, 0.29) is 11.8 Å². The van der Waals surface area contributed by atoms with Crippen molar-refractivity contribution in [3.63, 3.8) is 0 Å². The van der Waals surface area contributed by atoms with Gasteiger partial charge in [0.05, 0.1) is 5.75 Å². The van der Waals surface area contributed by atoms with Crippen molar-refractivity contribution in [2.45, 2.75) is 32.2 Å². The Kier molecular flexibility index (Phi) is 7.13. The molecule has 0 aliphatic heterocycles. The summed E-state index contributed by atoms with van der Waals surface area (Å²) in [5.74, 6) is 0.212. The molecular formula is C10H24N2O2S. The quantitative estimate of drug-likeness (QED) is 0.666. The molecule has 2 N–H and O–H groups in total. The van der Waals surface area contributed by atoms with Gasteiger partial charge in [0.1, 0.15) is 9.84 Å². The Morgan fingerprint density at radius 1 is 1.40 bits per heavy atom. The molecule has 0 aliphatic carbocycles. The molecular weight excluding hydrogens is 212 g/mol. The van der Waals surface area contributed by atoms with E-state index < -0.39 is 9.84 Å². The molecule has 0 radical (unpaired) electrons. The lowest BCUT2D eigenvalue weighted by Crippen LogP contribution is -2.37. The van der Waals surface area contributed by atoms with E-state index in [4.69, 9.17) is 5.73 Å². The molecule has 0 spiro atoms. The highest BCUT2D eigenvalue weighted by molar-refractivity contribution is 7.90. The molecule has 0 aliphatic rings. The smallest absolute Gasteiger partial charge is 0.148 e. The summed E-state index contributed by atoms with van der Waals surface area (Å²) in [5, 5.41) is 0. The van der Waals surface area contributed by atoms with E-state index in [0.717, 1.165) is 25.8 Å². The fraction of sp³-hybridized carbons (Fsp3) is 1.00. The van der Waals surface area contributed by atoms with Crippen LogP contribution in [0.15, 0.2) is 0 Å². The highest BCUT2D eigenvalue weighted by atomic mass is 32.2. The zero-order valence-corrected chi connectivity index (χ0v) is 10.9. The van der Waals surface area contributed by atoms with Crippen LogP contribution in [-0.4, -0.2) is 51.5 Å². The zero-order chi connectivity index (χ0) is 11.9. The average Bonchev–Trinajstić information content (AvgIpc) is 2.10. The van der Waals surface area contributed by atoms with E-state index in [1.165, 1.54) is 6.26 Å². The van der Waals surface area contributed by atoms with E-state index in [9.17, 15) is 8.42 Å². The number of hydrogen-bond donors (Lipinski definition) is 1. The molecule has 4 nitrogen and oxygen atoms in total. The topological polar surface area (TPSA) is 63.4 Å². The molecule has 0 aromatic rings. The van der Waals surface area contributed by atoms with Crippen LogP contribution in [0.5, 0.6) is 0 Å². The Balaban J connectivity index is 3.68. The minimum Gasteiger partial charge on any atom is -0.327 e. The van der Waals surface area contributed by atoms with Gasteiger partial charge in [0.15, 0.2) is 0 Å². The Labute approximate surface area is 93.7 Å². The van der Waals surface area contributed by atoms with Crippen LogP contribution in [0.2, 0.25) is 0 Å². The summed E-state index contributed by atoms with van der Waals surface area (Å²) >= 11 is 0. The minimum atomic E-state index is -2.85. The lowest BCUT2D eigenvalue weighted by atomic mass is 10.1. The van der Waals surface area contributed by atoms with Crippen LogP contribution in [0.25, 0.3) is 0 Å². The van der Waals surface area contributed by atoms with Crippen LogP contribution < -0.4 is 5.73 Å². The summed E-state index contributed by atoms with van der Waals surface area (Å²) in [6.07, 6.45) is 4.57. The highest BCUT2D eigenvalue weighted by Gasteiger charge is 2.09. The van der Waals surface area contributed by atoms with Crippen molar-refractivity contribution in [3.05, 3.63) is 0 Å². The molecule has 1 unspecified atom stereocenters. The Bertz CT molecular complexity index is 252. The van der Waals surface area contributed by atoms with Gasteiger partial charge < -0.3 is 10.6 Å². The Hall–Kier alpha value is -0.130. The molecule has 5 heteroatoms. The van der Waals surface area contributed by atoms with E-state index in [1.807, 2.05) is 11.9 Å². The molecule has 0 amide bonds. The Morgan fingerprint density at radius 3 is 2.47 bits per heavy atom. The van der Waals surface area contributed by atoms with Gasteiger partial charge in [0.2, 0.25) is 0 Å². The first-order chi connectivity index (χ1) is 6.85. The van der Waals surface area contributed by atoms with Crippen molar-refractivity contribution in [2.75, 3.05) is 32.1 Å². The van der Waals surface area contributed by atoms with E-state index in [2.05, 4.69) is 6.92 Å². The third-order valence-corrected chi connectivity index (χ3v) is 3.24. The van der Waals surface area contributed by atoms with Crippen molar-refractivity contribution in [3.8, 4) is 0 Å². The maximum Gasteiger partial charge on any atom is 0.148 e. The second kappa shape index (κ2) is 7.19. The minimum absolute atomic E-state index is 0.162. The van der Waals surface area contributed by atoms with E-state index >= 15 is 0 Å². The molecule has 0 saturated carbocycles. The molecule has 0 bridgehead atoms. The van der Waals surface area contributed by atoms with Crippen molar-refractivity contribution in [1.82, 2.24) is 4.90 Å². The fourth-order valence-electron chi connectivity index (χ4n) is 1.37. The summed E-state index contributed by atoms with van der Waals surface area (Å²) in [6, 6.07) is 0.162. The average molecular weight is 236 g/mol. The standard InChI is InChI=1S/C10H24N2O2S/c1-4-5-6-10(11)9-12(2)7-8-15(3,13)14/h10H,4-9,11H2,1-3H3. The lowest BCUT2D eigenvalue weighted by molar-refractivity contribution is 0.317. The summed E-state index contributed by atoms with van der Waals surface area (Å²) < 4.78 is 21.9. The third kappa shape index (κ3) is 10.2. The number of unbranched alkanes of at least 4 members (excludes halogenated alkanes) is 1. The molecule has 15 heavy (non-hydrogen) atoms. The first-order valence-electron chi connectivity index (χ1n) is 5.47. The highest BCUT2D eigenvalue weighted by Crippen LogP contribution is 1.99. The monoisotopic (exact) mass is 236 g/mol. The van der Waals surface area contributed by atoms with Gasteiger partial charge in [-0.1, -0.05) is 19.8 Å². The summed E-state index contributed by atoms with van der Waals surface area (Å²) in [4.78, 5) is 1.99. The lowest BCUT2D eigenvalue weighted by Gasteiger charge is -2.20. The van der Waals surface area contributed by atoms with Gasteiger partial charge in [0, 0.05) is 25.4 Å². The van der Waals surface area contributed by atoms with Gasteiger partial charge in [-0.2, -0.15) is 0 Å². The molecule has 0 saturated heterocycles. The van der Waals surface area contributed by atoms with Crippen LogP contribution >= 0.6 is 0 Å². The van der Waals surface area contributed by atoms with E-state index in [0.29, 0.717) is 6.54 Å². The first-order valence-corrected chi connectivity index (χ1v) is 7.53. The number of hydrogen-bond acceptors (Lipinski definition) is 4. The number of rotatable bonds is 8. The molecule has 0 aromatic carbocycles. The van der Waals surface area contributed by atoms with Crippen LogP contribution in [0, 0.1) is 0 Å². The largest absolute Gasteiger partial charge is 0.327 e. The maximum atomic E-state index is 10.9. The van der Waals surface area contributed by atoms with Crippen LogP contribution in [0.1, 0.15) is 26.2 Å². The Morgan fingerprint density at radius 2 is 2.00 bits per heavy atom. The van der Waals surface area contributed by atoms with Crippen molar-refractivity contribution >= 4 is 9.84 Å². The third-order valence-electron chi connectivity index (χ3n) is 2.32. The molecule has 1 atom stereocenters. The SMILES string of the molecule is CCCCC(N)CN(C)CCS(C)(=O)=O. The molecule has 0 heterocycles.